The van der Waals surface area contributed by atoms with Gasteiger partial charge in [0.05, 0.1) is 13.2 Å². The predicted octanol–water partition coefficient (Wildman–Crippen LogP) is 1.06. The van der Waals surface area contributed by atoms with E-state index < -0.39 is 0 Å². The Balaban J connectivity index is 1.59. The lowest BCUT2D eigenvalue weighted by Gasteiger charge is -2.24. The summed E-state index contributed by atoms with van der Waals surface area (Å²) < 4.78 is 10.5. The number of nitrogens with one attached hydrogen (secondary N) is 1. The fraction of sp³-hybridized carbons (Fsp3) is 0.533. The molecule has 3 rings (SSSR count). The van der Waals surface area contributed by atoms with Crippen LogP contribution in [0.2, 0.25) is 0 Å². The molecular formula is C15H20N2O4. The normalized spacial score (nSPS) is 24.3. The highest BCUT2D eigenvalue weighted by atomic mass is 16.7. The van der Waals surface area contributed by atoms with Crippen LogP contribution in [0.1, 0.15) is 13.3 Å². The van der Waals surface area contributed by atoms with E-state index in [1.165, 1.54) is 0 Å². The number of hydrogen-bond donors (Lipinski definition) is 2. The van der Waals surface area contributed by atoms with Crippen molar-refractivity contribution in [2.24, 2.45) is 5.92 Å². The Kier molecular flexibility index (Phi) is 3.98. The zero-order chi connectivity index (χ0) is 14.8. The Bertz CT molecular complexity index is 534. The van der Waals surface area contributed by atoms with Crippen LogP contribution in [-0.4, -0.2) is 48.4 Å². The van der Waals surface area contributed by atoms with Crippen molar-refractivity contribution in [1.29, 1.82) is 0 Å². The Morgan fingerprint density at radius 1 is 1.43 bits per heavy atom. The third-order valence-electron chi connectivity index (χ3n) is 4.19. The lowest BCUT2D eigenvalue weighted by atomic mass is 10.0. The first-order valence-electron chi connectivity index (χ1n) is 7.22. The molecule has 1 aromatic carbocycles. The summed E-state index contributed by atoms with van der Waals surface area (Å²) in [4.78, 5) is 14.2. The molecule has 2 heterocycles. The lowest BCUT2D eigenvalue weighted by Crippen LogP contribution is -2.40. The van der Waals surface area contributed by atoms with Crippen molar-refractivity contribution < 1.29 is 19.4 Å². The van der Waals surface area contributed by atoms with Crippen molar-refractivity contribution in [2.45, 2.75) is 19.4 Å². The topological polar surface area (TPSA) is 71.0 Å². The van der Waals surface area contributed by atoms with Gasteiger partial charge in [-0.3, -0.25) is 9.69 Å². The molecule has 2 aliphatic heterocycles. The largest absolute Gasteiger partial charge is 0.454 e. The van der Waals surface area contributed by atoms with E-state index in [2.05, 4.69) is 12.2 Å². The molecule has 1 fully saturated rings. The van der Waals surface area contributed by atoms with Crippen LogP contribution in [0.4, 0.5) is 5.69 Å². The number of anilines is 1. The first-order valence-corrected chi connectivity index (χ1v) is 7.22. The highest BCUT2D eigenvalue weighted by molar-refractivity contribution is 5.92. The number of hydrogen-bond acceptors (Lipinski definition) is 5. The second-order valence-corrected chi connectivity index (χ2v) is 5.60. The van der Waals surface area contributed by atoms with E-state index in [0.717, 1.165) is 13.0 Å². The van der Waals surface area contributed by atoms with Gasteiger partial charge in [-0.25, -0.2) is 0 Å². The monoisotopic (exact) mass is 292 g/mol. The number of aliphatic hydroxyl groups excluding tert-OH is 1. The van der Waals surface area contributed by atoms with Gasteiger partial charge in [-0.15, -0.1) is 0 Å². The van der Waals surface area contributed by atoms with Gasteiger partial charge in [0.1, 0.15) is 0 Å². The maximum Gasteiger partial charge on any atom is 0.238 e. The van der Waals surface area contributed by atoms with Gasteiger partial charge in [-0.1, -0.05) is 6.92 Å². The van der Waals surface area contributed by atoms with E-state index in [1.807, 2.05) is 4.90 Å². The van der Waals surface area contributed by atoms with Crippen LogP contribution < -0.4 is 14.8 Å². The smallest absolute Gasteiger partial charge is 0.238 e. The molecule has 0 saturated carbocycles. The van der Waals surface area contributed by atoms with Gasteiger partial charge in [-0.2, -0.15) is 0 Å². The molecule has 2 unspecified atom stereocenters. The van der Waals surface area contributed by atoms with Crippen LogP contribution in [0.5, 0.6) is 11.5 Å². The molecule has 0 spiro atoms. The summed E-state index contributed by atoms with van der Waals surface area (Å²) in [6.07, 6.45) is 1.02. The van der Waals surface area contributed by atoms with Gasteiger partial charge in [0, 0.05) is 17.8 Å². The molecular weight excluding hydrogens is 272 g/mol. The Hall–Kier alpha value is -1.79. The summed E-state index contributed by atoms with van der Waals surface area (Å²) in [7, 11) is 0. The number of benzene rings is 1. The van der Waals surface area contributed by atoms with E-state index in [0.29, 0.717) is 29.6 Å². The quantitative estimate of drug-likeness (QED) is 0.868. The molecule has 2 N–H and O–H groups in total. The number of carbonyl (C=O) groups is 1. The molecule has 6 heteroatoms. The second-order valence-electron chi connectivity index (χ2n) is 5.60. The van der Waals surface area contributed by atoms with E-state index in [-0.39, 0.29) is 25.3 Å². The number of likely N-dealkylation sites (tertiary alicyclic amines) is 1. The van der Waals surface area contributed by atoms with Crippen LogP contribution in [0.25, 0.3) is 0 Å². The number of nitrogens with zero attached hydrogens (tertiary/aromatic N) is 1. The molecule has 1 saturated heterocycles. The molecule has 0 radical (unpaired) electrons. The first-order chi connectivity index (χ1) is 10.2. The minimum Gasteiger partial charge on any atom is -0.454 e. The van der Waals surface area contributed by atoms with E-state index in [4.69, 9.17) is 9.47 Å². The van der Waals surface area contributed by atoms with Crippen LogP contribution in [-0.2, 0) is 4.79 Å². The second kappa shape index (κ2) is 5.91. The van der Waals surface area contributed by atoms with Crippen molar-refractivity contribution in [3.63, 3.8) is 0 Å². The summed E-state index contributed by atoms with van der Waals surface area (Å²) in [6.45, 7) is 3.57. The van der Waals surface area contributed by atoms with Crippen LogP contribution in [0, 0.1) is 5.92 Å². The number of aliphatic hydroxyl groups is 1. The maximum atomic E-state index is 12.1. The summed E-state index contributed by atoms with van der Waals surface area (Å²) in [5.41, 5.74) is 0.692. The van der Waals surface area contributed by atoms with Gasteiger partial charge in [0.25, 0.3) is 0 Å². The first kappa shape index (κ1) is 14.2. The Morgan fingerprint density at radius 3 is 3.05 bits per heavy atom. The van der Waals surface area contributed by atoms with Gasteiger partial charge in [0.2, 0.25) is 12.7 Å². The van der Waals surface area contributed by atoms with Gasteiger partial charge < -0.3 is 19.9 Å². The number of rotatable bonds is 4. The Labute approximate surface area is 123 Å². The van der Waals surface area contributed by atoms with E-state index in [1.54, 1.807) is 18.2 Å². The standard InChI is InChI=1S/C15H20N2O4/c1-10-4-5-17(12(10)8-18)7-15(19)16-11-2-3-13-14(6-11)21-9-20-13/h2-3,6,10,12,18H,4-5,7-9H2,1H3,(H,16,19). The summed E-state index contributed by atoms with van der Waals surface area (Å²) in [5, 5.41) is 12.3. The van der Waals surface area contributed by atoms with E-state index in [9.17, 15) is 9.90 Å². The van der Waals surface area contributed by atoms with Crippen LogP contribution >= 0.6 is 0 Å². The van der Waals surface area contributed by atoms with Crippen molar-refractivity contribution in [3.8, 4) is 11.5 Å². The number of amides is 1. The fourth-order valence-corrected chi connectivity index (χ4v) is 2.94. The molecule has 2 aliphatic rings. The Morgan fingerprint density at radius 2 is 2.24 bits per heavy atom. The van der Waals surface area contributed by atoms with E-state index >= 15 is 0 Å². The van der Waals surface area contributed by atoms with Crippen molar-refractivity contribution in [2.75, 3.05) is 31.8 Å². The summed E-state index contributed by atoms with van der Waals surface area (Å²) in [5.74, 6) is 1.69. The molecule has 6 nitrogen and oxygen atoms in total. The van der Waals surface area contributed by atoms with Gasteiger partial charge >= 0.3 is 0 Å². The lowest BCUT2D eigenvalue weighted by molar-refractivity contribution is -0.117. The van der Waals surface area contributed by atoms with Crippen molar-refractivity contribution in [1.82, 2.24) is 4.90 Å². The molecule has 0 aromatic heterocycles. The van der Waals surface area contributed by atoms with Gasteiger partial charge in [-0.05, 0) is 31.0 Å². The van der Waals surface area contributed by atoms with Crippen molar-refractivity contribution >= 4 is 11.6 Å². The fourth-order valence-electron chi connectivity index (χ4n) is 2.94. The molecule has 21 heavy (non-hydrogen) atoms. The minimum atomic E-state index is -0.0820. The predicted molar refractivity (Wildman–Crippen MR) is 77.4 cm³/mol. The van der Waals surface area contributed by atoms with Crippen molar-refractivity contribution in [3.05, 3.63) is 18.2 Å². The van der Waals surface area contributed by atoms with Crippen LogP contribution in [0.15, 0.2) is 18.2 Å². The molecule has 0 bridgehead atoms. The zero-order valence-electron chi connectivity index (χ0n) is 12.0. The average Bonchev–Trinajstić information content (AvgIpc) is 3.05. The highest BCUT2D eigenvalue weighted by Gasteiger charge is 2.31. The number of carbonyl (C=O) groups excluding carboxylic acids is 1. The molecule has 1 aromatic rings. The third-order valence-corrected chi connectivity index (χ3v) is 4.19. The summed E-state index contributed by atoms with van der Waals surface area (Å²) >= 11 is 0. The number of ether oxygens (including phenoxy) is 2. The summed E-state index contributed by atoms with van der Waals surface area (Å²) in [6, 6.07) is 5.41. The molecule has 2 atom stereocenters. The maximum absolute atomic E-state index is 12.1. The SMILES string of the molecule is CC1CCN(CC(=O)Nc2ccc3c(c2)OCO3)C1CO. The minimum absolute atomic E-state index is 0.0764. The number of fused-ring (bicyclic) bond motifs is 1. The van der Waals surface area contributed by atoms with Crippen LogP contribution in [0.3, 0.4) is 0 Å². The average molecular weight is 292 g/mol. The molecule has 0 aliphatic carbocycles. The van der Waals surface area contributed by atoms with Gasteiger partial charge in [0.15, 0.2) is 11.5 Å². The molecule has 1 amide bonds. The highest BCUT2D eigenvalue weighted by Crippen LogP contribution is 2.34. The third kappa shape index (κ3) is 2.96. The molecule has 114 valence electrons. The zero-order valence-corrected chi connectivity index (χ0v) is 12.0.